The first-order valence-corrected chi connectivity index (χ1v) is 7.29. The maximum Gasteiger partial charge on any atom is 0.149 e. The van der Waals surface area contributed by atoms with Crippen LogP contribution in [0.1, 0.15) is 70.6 Å². The van der Waals surface area contributed by atoms with Crippen LogP contribution in [0.2, 0.25) is 0 Å². The van der Waals surface area contributed by atoms with Gasteiger partial charge in [0.05, 0.1) is 5.41 Å². The lowest BCUT2D eigenvalue weighted by atomic mass is 9.70. The van der Waals surface area contributed by atoms with Crippen LogP contribution in [0.5, 0.6) is 0 Å². The van der Waals surface area contributed by atoms with Crippen LogP contribution in [-0.2, 0) is 9.59 Å². The second kappa shape index (κ2) is 5.79. The van der Waals surface area contributed by atoms with Crippen molar-refractivity contribution in [3.05, 3.63) is 0 Å². The third kappa shape index (κ3) is 2.78. The van der Waals surface area contributed by atoms with Crippen molar-refractivity contribution in [1.82, 2.24) is 0 Å². The van der Waals surface area contributed by atoms with E-state index in [0.29, 0.717) is 0 Å². The lowest BCUT2D eigenvalue weighted by Gasteiger charge is -2.31. The van der Waals surface area contributed by atoms with Gasteiger partial charge in [0.15, 0.2) is 0 Å². The van der Waals surface area contributed by atoms with E-state index in [1.165, 1.54) is 32.1 Å². The molecule has 0 aliphatic heterocycles. The fraction of sp³-hybridized carbons (Fsp3) is 0.867. The third-order valence-corrected chi connectivity index (χ3v) is 4.69. The summed E-state index contributed by atoms with van der Waals surface area (Å²) in [6, 6.07) is 0. The van der Waals surface area contributed by atoms with Crippen LogP contribution >= 0.6 is 0 Å². The number of hydrogen-bond donors (Lipinski definition) is 0. The molecule has 2 rings (SSSR count). The normalized spacial score (nSPS) is 26.1. The van der Waals surface area contributed by atoms with Crippen molar-refractivity contribution >= 4 is 12.1 Å². The van der Waals surface area contributed by atoms with E-state index in [2.05, 4.69) is 0 Å². The van der Waals surface area contributed by atoms with Crippen LogP contribution in [0.4, 0.5) is 0 Å². The molecule has 0 amide bonds. The molecule has 0 bridgehead atoms. The Balaban J connectivity index is 2.09. The molecule has 2 aliphatic rings. The summed E-state index contributed by atoms with van der Waals surface area (Å²) in [5.41, 5.74) is -0.599. The first-order valence-electron chi connectivity index (χ1n) is 7.29. The van der Waals surface area contributed by atoms with Gasteiger partial charge in [-0.15, -0.1) is 0 Å². The summed E-state index contributed by atoms with van der Waals surface area (Å²) in [6.07, 6.45) is 12.7. The molecule has 0 aromatic rings. The van der Waals surface area contributed by atoms with Gasteiger partial charge in [0.1, 0.15) is 12.1 Å². The first kappa shape index (κ1) is 12.8. The van der Waals surface area contributed by atoms with E-state index in [4.69, 9.17) is 0 Å². The molecular formula is C15H24O2. The minimum atomic E-state index is -0.599. The van der Waals surface area contributed by atoms with Crippen molar-refractivity contribution in [1.29, 1.82) is 0 Å². The number of carbonyl (C=O) groups excluding carboxylic acids is 2. The summed E-state index contributed by atoms with van der Waals surface area (Å²) in [5.74, 6) is 0.473. The molecule has 96 valence electrons. The molecule has 0 unspecified atom stereocenters. The third-order valence-electron chi connectivity index (χ3n) is 4.69. The van der Waals surface area contributed by atoms with E-state index in [-0.39, 0.29) is 11.7 Å². The van der Waals surface area contributed by atoms with Gasteiger partial charge in [-0.2, -0.15) is 0 Å². The molecule has 0 saturated heterocycles. The van der Waals surface area contributed by atoms with E-state index < -0.39 is 5.41 Å². The van der Waals surface area contributed by atoms with Crippen molar-refractivity contribution in [3.8, 4) is 0 Å². The maximum absolute atomic E-state index is 12.6. The van der Waals surface area contributed by atoms with Crippen LogP contribution in [-0.4, -0.2) is 12.1 Å². The highest BCUT2D eigenvalue weighted by atomic mass is 16.1. The van der Waals surface area contributed by atoms with Gasteiger partial charge < -0.3 is 4.79 Å². The Hall–Kier alpha value is -0.660. The molecule has 2 aliphatic carbocycles. The standard InChI is InChI=1S/C15H24O2/c16-12-15(10-6-1-2-7-11-15)14(17)13-8-4-3-5-9-13/h12-13H,1-11H2. The summed E-state index contributed by atoms with van der Waals surface area (Å²) in [6.45, 7) is 0. The lowest BCUT2D eigenvalue weighted by molar-refractivity contribution is -0.139. The van der Waals surface area contributed by atoms with E-state index >= 15 is 0 Å². The summed E-state index contributed by atoms with van der Waals surface area (Å²) in [7, 11) is 0. The molecule has 17 heavy (non-hydrogen) atoms. The predicted octanol–water partition coefficient (Wildman–Crippen LogP) is 3.68. The zero-order valence-electron chi connectivity index (χ0n) is 10.7. The molecule has 0 N–H and O–H groups in total. The van der Waals surface area contributed by atoms with Crippen molar-refractivity contribution in [2.75, 3.05) is 0 Å². The monoisotopic (exact) mass is 236 g/mol. The molecule has 2 fully saturated rings. The van der Waals surface area contributed by atoms with E-state index in [1.807, 2.05) is 0 Å². The van der Waals surface area contributed by atoms with Crippen molar-refractivity contribution in [2.45, 2.75) is 70.6 Å². The molecule has 0 atom stereocenters. The van der Waals surface area contributed by atoms with Crippen LogP contribution in [0, 0.1) is 11.3 Å². The van der Waals surface area contributed by atoms with Crippen molar-refractivity contribution in [2.24, 2.45) is 11.3 Å². The Bertz CT molecular complexity index is 269. The zero-order chi connectivity index (χ0) is 12.1. The van der Waals surface area contributed by atoms with E-state index in [0.717, 1.165) is 44.8 Å². The number of ketones is 1. The molecular weight excluding hydrogens is 212 g/mol. The first-order chi connectivity index (χ1) is 8.28. The molecule has 0 aromatic heterocycles. The van der Waals surface area contributed by atoms with Crippen LogP contribution in [0.3, 0.4) is 0 Å². The van der Waals surface area contributed by atoms with Crippen LogP contribution in [0.25, 0.3) is 0 Å². The highest BCUT2D eigenvalue weighted by Crippen LogP contribution is 2.39. The van der Waals surface area contributed by atoms with Gasteiger partial charge in [-0.05, 0) is 25.7 Å². The molecule has 2 saturated carbocycles. The lowest BCUT2D eigenvalue weighted by Crippen LogP contribution is -2.38. The van der Waals surface area contributed by atoms with Crippen molar-refractivity contribution in [3.63, 3.8) is 0 Å². The molecule has 2 heteroatoms. The minimum absolute atomic E-state index is 0.187. The highest BCUT2D eigenvalue weighted by Gasteiger charge is 2.41. The van der Waals surface area contributed by atoms with Gasteiger partial charge in [0, 0.05) is 5.92 Å². The molecule has 0 heterocycles. The topological polar surface area (TPSA) is 34.1 Å². The second-order valence-corrected chi connectivity index (χ2v) is 5.89. The minimum Gasteiger partial charge on any atom is -0.302 e. The summed E-state index contributed by atoms with van der Waals surface area (Å²) < 4.78 is 0. The van der Waals surface area contributed by atoms with Gasteiger partial charge in [-0.3, -0.25) is 4.79 Å². The zero-order valence-corrected chi connectivity index (χ0v) is 10.7. The SMILES string of the molecule is O=CC1(C(=O)C2CCCCC2)CCCCCC1. The number of Topliss-reactive ketones (excluding diaryl/α,β-unsaturated/α-hetero) is 1. The van der Waals surface area contributed by atoms with E-state index in [1.54, 1.807) is 0 Å². The number of hydrogen-bond acceptors (Lipinski definition) is 2. The fourth-order valence-electron chi connectivity index (χ4n) is 3.55. The Labute approximate surface area is 104 Å². The van der Waals surface area contributed by atoms with E-state index in [9.17, 15) is 9.59 Å². The fourth-order valence-corrected chi connectivity index (χ4v) is 3.55. The quantitative estimate of drug-likeness (QED) is 0.425. The van der Waals surface area contributed by atoms with Gasteiger partial charge in [-0.1, -0.05) is 44.9 Å². The summed E-state index contributed by atoms with van der Waals surface area (Å²) in [4.78, 5) is 24.1. The average Bonchev–Trinajstić information content (AvgIpc) is 2.65. The van der Waals surface area contributed by atoms with Crippen LogP contribution in [0.15, 0.2) is 0 Å². The van der Waals surface area contributed by atoms with Gasteiger partial charge in [0.2, 0.25) is 0 Å². The Morgan fingerprint density at radius 2 is 1.41 bits per heavy atom. The Morgan fingerprint density at radius 3 is 1.94 bits per heavy atom. The number of rotatable bonds is 3. The molecule has 0 radical (unpaired) electrons. The average molecular weight is 236 g/mol. The Kier molecular flexibility index (Phi) is 4.36. The predicted molar refractivity (Wildman–Crippen MR) is 67.8 cm³/mol. The van der Waals surface area contributed by atoms with Gasteiger partial charge >= 0.3 is 0 Å². The largest absolute Gasteiger partial charge is 0.302 e. The molecule has 2 nitrogen and oxygen atoms in total. The maximum atomic E-state index is 12.6. The van der Waals surface area contributed by atoms with Gasteiger partial charge in [-0.25, -0.2) is 0 Å². The molecule has 0 spiro atoms. The molecule has 0 aromatic carbocycles. The summed E-state index contributed by atoms with van der Waals surface area (Å²) >= 11 is 0. The summed E-state index contributed by atoms with van der Waals surface area (Å²) in [5, 5.41) is 0. The number of carbonyl (C=O) groups is 2. The second-order valence-electron chi connectivity index (χ2n) is 5.89. The Morgan fingerprint density at radius 1 is 0.882 bits per heavy atom. The highest BCUT2D eigenvalue weighted by molar-refractivity contribution is 5.99. The van der Waals surface area contributed by atoms with Gasteiger partial charge in [0.25, 0.3) is 0 Å². The van der Waals surface area contributed by atoms with Crippen LogP contribution < -0.4 is 0 Å². The smallest absolute Gasteiger partial charge is 0.149 e. The number of aldehydes is 1. The van der Waals surface area contributed by atoms with Crippen molar-refractivity contribution < 1.29 is 9.59 Å².